The number of nitrogens with zero attached hydrogens (tertiary/aromatic N) is 4. The zero-order valence-electron chi connectivity index (χ0n) is 31.2. The second kappa shape index (κ2) is 14.3. The lowest BCUT2D eigenvalue weighted by atomic mass is 10.0. The van der Waals surface area contributed by atoms with Crippen molar-refractivity contribution in [3.8, 4) is 5.88 Å². The lowest BCUT2D eigenvalue weighted by Crippen LogP contribution is -2.58. The number of aryl methyl sites for hydroxylation is 1. The van der Waals surface area contributed by atoms with Gasteiger partial charge in [0.2, 0.25) is 27.7 Å². The maximum atomic E-state index is 14.6. The summed E-state index contributed by atoms with van der Waals surface area (Å²) in [5.74, 6) is -3.23. The molecule has 0 bridgehead atoms. The van der Waals surface area contributed by atoms with Crippen molar-refractivity contribution in [3.05, 3.63) is 78.4 Å². The molecule has 16 heteroatoms. The van der Waals surface area contributed by atoms with E-state index in [0.717, 1.165) is 18.2 Å². The third-order valence-electron chi connectivity index (χ3n) is 11.6. The Labute approximate surface area is 323 Å². The molecule has 4 heterocycles. The molecule has 8 rings (SSSR count). The molecule has 2 aliphatic heterocycles. The molecule has 4 amide bonds. The van der Waals surface area contributed by atoms with Crippen molar-refractivity contribution in [2.75, 3.05) is 6.54 Å². The fourth-order valence-electron chi connectivity index (χ4n) is 7.86. The predicted octanol–water partition coefficient (Wildman–Crippen LogP) is 3.80. The number of allylic oxidation sites excluding steroid dienone is 1. The van der Waals surface area contributed by atoms with E-state index < -0.39 is 73.9 Å². The van der Waals surface area contributed by atoms with Crippen molar-refractivity contribution in [1.29, 1.82) is 0 Å². The number of carbonyl (C=O) groups excluding carboxylic acids is 4. The van der Waals surface area contributed by atoms with E-state index >= 15 is 0 Å². The van der Waals surface area contributed by atoms with E-state index in [0.29, 0.717) is 48.4 Å². The van der Waals surface area contributed by atoms with Crippen molar-refractivity contribution >= 4 is 55.3 Å². The number of rotatable bonds is 7. The first-order chi connectivity index (χ1) is 26.8. The zero-order chi connectivity index (χ0) is 39.4. The maximum absolute atomic E-state index is 14.6. The van der Waals surface area contributed by atoms with Crippen LogP contribution in [0.1, 0.15) is 75.2 Å². The minimum Gasteiger partial charge on any atom is -0.472 e. The van der Waals surface area contributed by atoms with Crippen LogP contribution >= 0.6 is 0 Å². The number of nitrogens with one attached hydrogen (secondary N) is 3. The third-order valence-corrected chi connectivity index (χ3v) is 13.8. The number of benzene rings is 2. The molecule has 2 saturated carbocycles. The summed E-state index contributed by atoms with van der Waals surface area (Å²) in [6.07, 6.45) is 8.74. The Morgan fingerprint density at radius 1 is 1.04 bits per heavy atom. The van der Waals surface area contributed by atoms with Gasteiger partial charge in [0, 0.05) is 36.4 Å². The number of aromatic nitrogens is 3. The molecule has 3 N–H and O–H groups in total. The summed E-state index contributed by atoms with van der Waals surface area (Å²) in [5.41, 5.74) is -0.853. The molecule has 2 aromatic carbocycles. The van der Waals surface area contributed by atoms with Crippen LogP contribution < -0.4 is 20.1 Å². The Kier molecular flexibility index (Phi) is 9.58. The Morgan fingerprint density at radius 3 is 2.61 bits per heavy atom. The van der Waals surface area contributed by atoms with Crippen LogP contribution in [-0.2, 0) is 31.5 Å². The van der Waals surface area contributed by atoms with Gasteiger partial charge in [0.1, 0.15) is 35.2 Å². The molecular weight excluding hydrogens is 742 g/mol. The SMILES string of the molecule is Cn1ccc(C(=O)N[C@H]2CCCCC/C=C\[C@@H]3C[C@@]3(C(=O)NS(=O)(=O)C3(C)CC3)NC(=O)[C@@H]3C[C@@H](Oc4nc5ccccc5c5cc(F)ccc45)CN3C2=O)n1. The topological polar surface area (TPSA) is 182 Å². The highest BCUT2D eigenvalue weighted by molar-refractivity contribution is 7.91. The van der Waals surface area contributed by atoms with Crippen molar-refractivity contribution in [2.45, 2.75) is 93.2 Å². The molecule has 2 aliphatic carbocycles. The first-order valence-corrected chi connectivity index (χ1v) is 20.6. The highest BCUT2D eigenvalue weighted by atomic mass is 32.2. The second-order valence-corrected chi connectivity index (χ2v) is 17.9. The van der Waals surface area contributed by atoms with Gasteiger partial charge in [-0.05, 0) is 81.2 Å². The average molecular weight is 786 g/mol. The molecule has 294 valence electrons. The van der Waals surface area contributed by atoms with Crippen LogP contribution in [0.3, 0.4) is 0 Å². The van der Waals surface area contributed by atoms with Gasteiger partial charge in [-0.3, -0.25) is 28.6 Å². The number of halogens is 1. The van der Waals surface area contributed by atoms with Gasteiger partial charge in [-0.2, -0.15) is 5.10 Å². The molecule has 3 fully saturated rings. The monoisotopic (exact) mass is 785 g/mol. The van der Waals surface area contributed by atoms with Crippen molar-refractivity contribution < 1.29 is 36.7 Å². The minimum absolute atomic E-state index is 0.00967. The fraction of sp³-hybridized carbons (Fsp3) is 0.450. The number of carbonyl (C=O) groups is 4. The molecule has 0 radical (unpaired) electrons. The fourth-order valence-corrected chi connectivity index (χ4v) is 9.17. The summed E-state index contributed by atoms with van der Waals surface area (Å²) in [6.45, 7) is 1.51. The zero-order valence-corrected chi connectivity index (χ0v) is 32.0. The van der Waals surface area contributed by atoms with Crippen molar-refractivity contribution in [3.63, 3.8) is 0 Å². The Hall–Kier alpha value is -5.38. The van der Waals surface area contributed by atoms with Gasteiger partial charge in [-0.25, -0.2) is 17.8 Å². The van der Waals surface area contributed by atoms with Crippen LogP contribution in [0.2, 0.25) is 0 Å². The Bertz CT molecular complexity index is 2400. The number of amides is 4. The summed E-state index contributed by atoms with van der Waals surface area (Å²) in [5, 5.41) is 11.8. The second-order valence-electron chi connectivity index (χ2n) is 15.7. The molecule has 14 nitrogen and oxygen atoms in total. The van der Waals surface area contributed by atoms with Crippen LogP contribution in [0.15, 0.2) is 66.9 Å². The quantitative estimate of drug-likeness (QED) is 0.186. The van der Waals surface area contributed by atoms with Crippen LogP contribution in [-0.4, -0.2) is 86.7 Å². The number of ether oxygens (including phenoxy) is 1. The summed E-state index contributed by atoms with van der Waals surface area (Å²) < 4.78 is 50.1. The van der Waals surface area contributed by atoms with Gasteiger partial charge in [0.25, 0.3) is 11.8 Å². The molecule has 5 atom stereocenters. The molecule has 4 aliphatic rings. The molecule has 0 unspecified atom stereocenters. The summed E-state index contributed by atoms with van der Waals surface area (Å²) >= 11 is 0. The van der Waals surface area contributed by atoms with E-state index in [9.17, 15) is 32.0 Å². The van der Waals surface area contributed by atoms with Crippen molar-refractivity contribution in [1.82, 2.24) is 35.0 Å². The van der Waals surface area contributed by atoms with Gasteiger partial charge >= 0.3 is 0 Å². The first-order valence-electron chi connectivity index (χ1n) is 19.1. The first kappa shape index (κ1) is 37.5. The molecular formula is C40H44FN7O7S. The van der Waals surface area contributed by atoms with E-state index in [1.807, 2.05) is 30.4 Å². The van der Waals surface area contributed by atoms with E-state index in [1.54, 1.807) is 38.4 Å². The summed E-state index contributed by atoms with van der Waals surface area (Å²) in [6, 6.07) is 10.9. The van der Waals surface area contributed by atoms with Crippen LogP contribution in [0.5, 0.6) is 5.88 Å². The predicted molar refractivity (Wildman–Crippen MR) is 204 cm³/mol. The Morgan fingerprint density at radius 2 is 1.84 bits per heavy atom. The van der Waals surface area contributed by atoms with Gasteiger partial charge in [0.05, 0.1) is 16.8 Å². The number of sulfonamides is 1. The standard InChI is InChI=1S/C40H44FN7O7S/c1-39(17-18-39)56(53,54)46-38(52)40-22-24(40)10-6-4-3-5-7-13-32(42-34(49)31-16-19-47(2)45-31)37(51)48-23-26(21-33(48)35(50)44-40)55-36-28-15-14-25(41)20-29(28)27-11-8-9-12-30(27)43-36/h6,8-12,14-16,19-20,24,26,32-33H,3-5,7,13,17-18,21-23H2,1-2H3,(H,42,49)(H,44,50)(H,46,52)/b10-6-/t24-,26-,32+,33+,40-/m1/s1. The smallest absolute Gasteiger partial charge is 0.272 e. The number of para-hydroxylation sites is 1. The molecule has 2 aromatic heterocycles. The number of pyridine rings is 1. The largest absolute Gasteiger partial charge is 0.472 e. The third kappa shape index (κ3) is 7.10. The summed E-state index contributed by atoms with van der Waals surface area (Å²) in [4.78, 5) is 62.5. The van der Waals surface area contributed by atoms with Crippen LogP contribution in [0, 0.1) is 11.7 Å². The molecule has 4 aromatic rings. The molecule has 0 spiro atoms. The van der Waals surface area contributed by atoms with E-state index in [4.69, 9.17) is 9.72 Å². The van der Waals surface area contributed by atoms with E-state index in [2.05, 4.69) is 20.5 Å². The lowest BCUT2D eigenvalue weighted by molar-refractivity contribution is -0.141. The Balaban J connectivity index is 1.13. The normalized spacial score (nSPS) is 26.9. The van der Waals surface area contributed by atoms with E-state index in [1.165, 1.54) is 21.7 Å². The van der Waals surface area contributed by atoms with Crippen LogP contribution in [0.4, 0.5) is 4.39 Å². The minimum atomic E-state index is -4.01. The lowest BCUT2D eigenvalue weighted by Gasteiger charge is -2.30. The number of hydrogen-bond acceptors (Lipinski definition) is 9. The van der Waals surface area contributed by atoms with E-state index in [-0.39, 0.29) is 31.0 Å². The highest BCUT2D eigenvalue weighted by Crippen LogP contribution is 2.47. The van der Waals surface area contributed by atoms with Gasteiger partial charge < -0.3 is 20.3 Å². The molecule has 56 heavy (non-hydrogen) atoms. The highest BCUT2D eigenvalue weighted by Gasteiger charge is 2.63. The summed E-state index contributed by atoms with van der Waals surface area (Å²) in [7, 11) is -2.34. The molecule has 1 saturated heterocycles. The van der Waals surface area contributed by atoms with Gasteiger partial charge in [-0.15, -0.1) is 0 Å². The number of hydrogen-bond donors (Lipinski definition) is 3. The van der Waals surface area contributed by atoms with Crippen molar-refractivity contribution in [2.24, 2.45) is 13.0 Å². The average Bonchev–Trinajstić information content (AvgIpc) is 3.97. The van der Waals surface area contributed by atoms with Gasteiger partial charge in [0.15, 0.2) is 0 Å². The number of fused-ring (bicyclic) bond motifs is 5. The van der Waals surface area contributed by atoms with Crippen LogP contribution in [0.25, 0.3) is 21.7 Å². The van der Waals surface area contributed by atoms with Gasteiger partial charge in [-0.1, -0.05) is 43.2 Å². The maximum Gasteiger partial charge on any atom is 0.272 e.